The highest BCUT2D eigenvalue weighted by molar-refractivity contribution is 5.93. The number of rotatable bonds is 2. The SMILES string of the molecule is CC[C@H]1CCCCN1C(=O)c1cccn1C. The molecule has 1 saturated heterocycles. The summed E-state index contributed by atoms with van der Waals surface area (Å²) in [5.41, 5.74) is 0.806. The number of amides is 1. The van der Waals surface area contributed by atoms with E-state index in [1.807, 2.05) is 29.9 Å². The third kappa shape index (κ3) is 1.99. The summed E-state index contributed by atoms with van der Waals surface area (Å²) in [5.74, 6) is 0.194. The fraction of sp³-hybridized carbons (Fsp3) is 0.615. The third-order valence-electron chi connectivity index (χ3n) is 3.52. The van der Waals surface area contributed by atoms with Gasteiger partial charge in [-0.1, -0.05) is 6.92 Å². The largest absolute Gasteiger partial charge is 0.347 e. The molecule has 0 unspecified atom stereocenters. The molecule has 16 heavy (non-hydrogen) atoms. The molecule has 1 aliphatic rings. The van der Waals surface area contributed by atoms with Gasteiger partial charge in [-0.2, -0.15) is 0 Å². The maximum Gasteiger partial charge on any atom is 0.270 e. The van der Waals surface area contributed by atoms with Crippen LogP contribution in [0.5, 0.6) is 0 Å². The first-order valence-electron chi connectivity index (χ1n) is 6.16. The molecule has 3 nitrogen and oxygen atoms in total. The standard InChI is InChI=1S/C13H20N2O/c1-3-11-7-4-5-10-15(11)13(16)12-8-6-9-14(12)2/h6,8-9,11H,3-5,7,10H2,1-2H3/t11-/m0/s1. The van der Waals surface area contributed by atoms with Crippen LogP contribution in [0.15, 0.2) is 18.3 Å². The van der Waals surface area contributed by atoms with Crippen molar-refractivity contribution in [3.05, 3.63) is 24.0 Å². The first kappa shape index (κ1) is 11.2. The molecule has 0 aromatic carbocycles. The van der Waals surface area contributed by atoms with Crippen molar-refractivity contribution in [1.82, 2.24) is 9.47 Å². The summed E-state index contributed by atoms with van der Waals surface area (Å²) in [5, 5.41) is 0. The van der Waals surface area contributed by atoms with E-state index in [1.54, 1.807) is 0 Å². The van der Waals surface area contributed by atoms with Crippen LogP contribution in [0.25, 0.3) is 0 Å². The van der Waals surface area contributed by atoms with Gasteiger partial charge in [0.05, 0.1) is 0 Å². The van der Waals surface area contributed by atoms with Crippen molar-refractivity contribution in [2.45, 2.75) is 38.6 Å². The maximum absolute atomic E-state index is 12.4. The zero-order chi connectivity index (χ0) is 11.5. The van der Waals surface area contributed by atoms with Gasteiger partial charge in [0.1, 0.15) is 5.69 Å². The predicted octanol–water partition coefficient (Wildman–Crippen LogP) is 2.43. The van der Waals surface area contributed by atoms with Crippen LogP contribution < -0.4 is 0 Å². The van der Waals surface area contributed by atoms with E-state index in [9.17, 15) is 4.79 Å². The van der Waals surface area contributed by atoms with E-state index in [1.165, 1.54) is 6.42 Å². The molecule has 3 heteroatoms. The van der Waals surface area contributed by atoms with Gasteiger partial charge in [0.15, 0.2) is 0 Å². The Balaban J connectivity index is 2.17. The molecule has 1 amide bonds. The number of hydrogen-bond donors (Lipinski definition) is 0. The van der Waals surface area contributed by atoms with E-state index < -0.39 is 0 Å². The van der Waals surface area contributed by atoms with Crippen molar-refractivity contribution >= 4 is 5.91 Å². The summed E-state index contributed by atoms with van der Waals surface area (Å²) in [7, 11) is 1.93. The molecule has 1 fully saturated rings. The Bertz CT molecular complexity index is 370. The second kappa shape index (κ2) is 4.73. The lowest BCUT2D eigenvalue weighted by molar-refractivity contribution is 0.0598. The maximum atomic E-state index is 12.4. The molecule has 2 heterocycles. The van der Waals surface area contributed by atoms with Crippen LogP contribution in [0.3, 0.4) is 0 Å². The van der Waals surface area contributed by atoms with Gasteiger partial charge in [-0.15, -0.1) is 0 Å². The number of aromatic nitrogens is 1. The lowest BCUT2D eigenvalue weighted by atomic mass is 9.99. The summed E-state index contributed by atoms with van der Waals surface area (Å²) in [6.07, 6.45) is 6.56. The number of carbonyl (C=O) groups excluding carboxylic acids is 1. The van der Waals surface area contributed by atoms with E-state index in [0.717, 1.165) is 31.5 Å². The van der Waals surface area contributed by atoms with Crippen molar-refractivity contribution < 1.29 is 4.79 Å². The lowest BCUT2D eigenvalue weighted by Crippen LogP contribution is -2.43. The van der Waals surface area contributed by atoms with Gasteiger partial charge in [-0.05, 0) is 37.8 Å². The van der Waals surface area contributed by atoms with Gasteiger partial charge < -0.3 is 9.47 Å². The highest BCUT2D eigenvalue weighted by Crippen LogP contribution is 2.21. The van der Waals surface area contributed by atoms with E-state index in [0.29, 0.717) is 6.04 Å². The highest BCUT2D eigenvalue weighted by Gasteiger charge is 2.26. The van der Waals surface area contributed by atoms with Gasteiger partial charge in [-0.25, -0.2) is 0 Å². The van der Waals surface area contributed by atoms with Gasteiger partial charge in [0, 0.05) is 25.8 Å². The van der Waals surface area contributed by atoms with Crippen molar-refractivity contribution in [2.24, 2.45) is 7.05 Å². The topological polar surface area (TPSA) is 25.2 Å². The highest BCUT2D eigenvalue weighted by atomic mass is 16.2. The minimum Gasteiger partial charge on any atom is -0.347 e. The van der Waals surface area contributed by atoms with Gasteiger partial charge >= 0.3 is 0 Å². The molecule has 1 aromatic rings. The molecule has 0 aliphatic carbocycles. The fourth-order valence-corrected chi connectivity index (χ4v) is 2.52. The van der Waals surface area contributed by atoms with E-state index in [2.05, 4.69) is 11.8 Å². The summed E-state index contributed by atoms with van der Waals surface area (Å²) >= 11 is 0. The molecule has 0 radical (unpaired) electrons. The number of piperidine rings is 1. The van der Waals surface area contributed by atoms with E-state index in [-0.39, 0.29) is 5.91 Å². The van der Waals surface area contributed by atoms with Crippen LogP contribution in [0, 0.1) is 0 Å². The molecule has 2 rings (SSSR count). The molecule has 88 valence electrons. The van der Waals surface area contributed by atoms with Gasteiger partial charge in [-0.3, -0.25) is 4.79 Å². The predicted molar refractivity (Wildman–Crippen MR) is 64.4 cm³/mol. The summed E-state index contributed by atoms with van der Waals surface area (Å²) in [4.78, 5) is 14.4. The zero-order valence-corrected chi connectivity index (χ0v) is 10.1. The summed E-state index contributed by atoms with van der Waals surface area (Å²) in [6.45, 7) is 3.09. The Labute approximate surface area is 97.1 Å². The number of nitrogens with zero attached hydrogens (tertiary/aromatic N) is 2. The monoisotopic (exact) mass is 220 g/mol. The zero-order valence-electron chi connectivity index (χ0n) is 10.1. The van der Waals surface area contributed by atoms with Gasteiger partial charge in [0.2, 0.25) is 0 Å². The number of hydrogen-bond acceptors (Lipinski definition) is 1. The normalized spacial score (nSPS) is 21.1. The lowest BCUT2D eigenvalue weighted by Gasteiger charge is -2.35. The Kier molecular flexibility index (Phi) is 3.32. The molecular weight excluding hydrogens is 200 g/mol. The molecule has 1 aliphatic heterocycles. The van der Waals surface area contributed by atoms with Crippen LogP contribution in [-0.4, -0.2) is 28.0 Å². The quantitative estimate of drug-likeness (QED) is 0.751. The minimum absolute atomic E-state index is 0.194. The average Bonchev–Trinajstić information content (AvgIpc) is 2.74. The molecule has 0 saturated carbocycles. The van der Waals surface area contributed by atoms with Crippen LogP contribution in [0.2, 0.25) is 0 Å². The first-order chi connectivity index (χ1) is 7.74. The second-order valence-electron chi connectivity index (χ2n) is 4.56. The number of carbonyl (C=O) groups is 1. The smallest absolute Gasteiger partial charge is 0.270 e. The van der Waals surface area contributed by atoms with Crippen LogP contribution in [0.1, 0.15) is 43.1 Å². The molecule has 1 aromatic heterocycles. The van der Waals surface area contributed by atoms with Gasteiger partial charge in [0.25, 0.3) is 5.91 Å². The Morgan fingerprint density at radius 1 is 1.50 bits per heavy atom. The van der Waals surface area contributed by atoms with Crippen molar-refractivity contribution in [2.75, 3.05) is 6.54 Å². The Morgan fingerprint density at radius 2 is 2.31 bits per heavy atom. The Morgan fingerprint density at radius 3 is 2.94 bits per heavy atom. The van der Waals surface area contributed by atoms with Crippen LogP contribution >= 0.6 is 0 Å². The second-order valence-corrected chi connectivity index (χ2v) is 4.56. The Hall–Kier alpha value is -1.25. The summed E-state index contributed by atoms with van der Waals surface area (Å²) in [6, 6.07) is 4.28. The number of aryl methyl sites for hydroxylation is 1. The van der Waals surface area contributed by atoms with Crippen molar-refractivity contribution in [3.8, 4) is 0 Å². The van der Waals surface area contributed by atoms with E-state index >= 15 is 0 Å². The molecular formula is C13H20N2O. The van der Waals surface area contributed by atoms with Crippen LogP contribution in [-0.2, 0) is 7.05 Å². The average molecular weight is 220 g/mol. The van der Waals surface area contributed by atoms with Crippen LogP contribution in [0.4, 0.5) is 0 Å². The number of likely N-dealkylation sites (tertiary alicyclic amines) is 1. The van der Waals surface area contributed by atoms with Crippen molar-refractivity contribution in [3.63, 3.8) is 0 Å². The molecule has 1 atom stereocenters. The molecule has 0 spiro atoms. The summed E-state index contributed by atoms with van der Waals surface area (Å²) < 4.78 is 1.91. The first-order valence-corrected chi connectivity index (χ1v) is 6.16. The third-order valence-corrected chi connectivity index (χ3v) is 3.52. The van der Waals surface area contributed by atoms with E-state index in [4.69, 9.17) is 0 Å². The molecule has 0 N–H and O–H groups in total. The fourth-order valence-electron chi connectivity index (χ4n) is 2.52. The van der Waals surface area contributed by atoms with Crippen molar-refractivity contribution in [1.29, 1.82) is 0 Å². The minimum atomic E-state index is 0.194. The molecule has 0 bridgehead atoms.